The van der Waals surface area contributed by atoms with Gasteiger partial charge in [-0.1, -0.05) is 27.7 Å². The highest BCUT2D eigenvalue weighted by atomic mass is 15.2. The van der Waals surface area contributed by atoms with E-state index in [-0.39, 0.29) is 0 Å². The third-order valence-corrected chi connectivity index (χ3v) is 5.93. The molecule has 19 heavy (non-hydrogen) atoms. The van der Waals surface area contributed by atoms with E-state index in [1.807, 2.05) is 0 Å². The van der Waals surface area contributed by atoms with Gasteiger partial charge in [0.2, 0.25) is 0 Å². The van der Waals surface area contributed by atoms with Crippen molar-refractivity contribution in [1.29, 1.82) is 0 Å². The molecule has 2 fully saturated rings. The second-order valence-electron chi connectivity index (χ2n) is 8.60. The molecule has 0 unspecified atom stereocenters. The first-order valence-electron chi connectivity index (χ1n) is 8.24. The van der Waals surface area contributed by atoms with E-state index in [2.05, 4.69) is 32.6 Å². The molecule has 0 amide bonds. The number of nitrogens with two attached hydrogens (primary N) is 1. The maximum atomic E-state index is 6.23. The summed E-state index contributed by atoms with van der Waals surface area (Å²) in [7, 11) is 0. The van der Waals surface area contributed by atoms with Crippen molar-refractivity contribution < 1.29 is 0 Å². The molecule has 2 nitrogen and oxygen atoms in total. The maximum Gasteiger partial charge on any atom is 0.0332 e. The molecule has 0 aromatic heterocycles. The lowest BCUT2D eigenvalue weighted by Gasteiger charge is -2.49. The van der Waals surface area contributed by atoms with Gasteiger partial charge < -0.3 is 5.73 Å². The molecule has 0 radical (unpaired) electrons. The Morgan fingerprint density at radius 1 is 0.789 bits per heavy atom. The summed E-state index contributed by atoms with van der Waals surface area (Å²) >= 11 is 0. The highest BCUT2D eigenvalue weighted by Crippen LogP contribution is 2.44. The van der Waals surface area contributed by atoms with Crippen LogP contribution in [0.15, 0.2) is 0 Å². The second kappa shape index (κ2) is 5.37. The molecule has 0 aromatic rings. The van der Waals surface area contributed by atoms with Crippen LogP contribution in [0.3, 0.4) is 0 Å². The molecule has 1 saturated heterocycles. The Hall–Kier alpha value is -0.0800. The van der Waals surface area contributed by atoms with Gasteiger partial charge in [0.25, 0.3) is 0 Å². The first-order chi connectivity index (χ1) is 8.79. The van der Waals surface area contributed by atoms with Crippen LogP contribution in [0.25, 0.3) is 0 Å². The van der Waals surface area contributed by atoms with E-state index in [1.165, 1.54) is 58.0 Å². The molecule has 1 aliphatic carbocycles. The van der Waals surface area contributed by atoms with Crippen LogP contribution in [-0.2, 0) is 0 Å². The molecule has 0 aromatic carbocycles. The lowest BCUT2D eigenvalue weighted by Crippen LogP contribution is -2.56. The van der Waals surface area contributed by atoms with Gasteiger partial charge in [-0.2, -0.15) is 0 Å². The van der Waals surface area contributed by atoms with Crippen molar-refractivity contribution in [3.8, 4) is 0 Å². The third-order valence-electron chi connectivity index (χ3n) is 5.93. The Kier molecular flexibility index (Phi) is 4.32. The highest BCUT2D eigenvalue weighted by molar-refractivity contribution is 4.99. The van der Waals surface area contributed by atoms with Gasteiger partial charge in [0, 0.05) is 12.1 Å². The average molecular weight is 266 g/mol. The number of hydrogen-bond donors (Lipinski definition) is 1. The number of likely N-dealkylation sites (tertiary alicyclic amines) is 1. The highest BCUT2D eigenvalue weighted by Gasteiger charge is 2.42. The Balaban J connectivity index is 2.05. The lowest BCUT2D eigenvalue weighted by atomic mass is 9.68. The Morgan fingerprint density at radius 2 is 1.37 bits per heavy atom. The second-order valence-corrected chi connectivity index (χ2v) is 8.60. The molecule has 0 bridgehead atoms. The van der Waals surface area contributed by atoms with Gasteiger partial charge in [-0.25, -0.2) is 0 Å². The first-order valence-corrected chi connectivity index (χ1v) is 8.24. The molecule has 0 atom stereocenters. The van der Waals surface area contributed by atoms with E-state index in [9.17, 15) is 0 Å². The summed E-state index contributed by atoms with van der Waals surface area (Å²) in [4.78, 5) is 2.76. The van der Waals surface area contributed by atoms with Crippen molar-refractivity contribution >= 4 is 0 Å². The van der Waals surface area contributed by atoms with Crippen molar-refractivity contribution in [2.45, 2.75) is 78.2 Å². The molecule has 2 N–H and O–H groups in total. The van der Waals surface area contributed by atoms with Crippen LogP contribution in [0, 0.1) is 10.8 Å². The monoisotopic (exact) mass is 266 g/mol. The van der Waals surface area contributed by atoms with E-state index < -0.39 is 0 Å². The van der Waals surface area contributed by atoms with E-state index in [1.54, 1.807) is 0 Å². The summed E-state index contributed by atoms with van der Waals surface area (Å²) in [6.45, 7) is 13.1. The van der Waals surface area contributed by atoms with Crippen LogP contribution in [0.1, 0.15) is 72.6 Å². The zero-order valence-electron chi connectivity index (χ0n) is 13.6. The molecule has 1 saturated carbocycles. The fraction of sp³-hybridized carbons (Fsp3) is 1.00. The van der Waals surface area contributed by atoms with Crippen molar-refractivity contribution in [1.82, 2.24) is 4.90 Å². The van der Waals surface area contributed by atoms with Gasteiger partial charge in [-0.3, -0.25) is 4.90 Å². The molecule has 1 heterocycles. The summed E-state index contributed by atoms with van der Waals surface area (Å²) in [5.74, 6) is 0. The minimum atomic E-state index is 0.315. The standard InChI is InChI=1S/C17H34N2/c1-15(2)6-5-12-19(13-11-15)17(14-18)9-7-16(3,4)8-10-17/h5-14,18H2,1-4H3. The quantitative estimate of drug-likeness (QED) is 0.824. The van der Waals surface area contributed by atoms with Crippen LogP contribution in [-0.4, -0.2) is 30.1 Å². The third kappa shape index (κ3) is 3.52. The smallest absolute Gasteiger partial charge is 0.0332 e. The first kappa shape index (κ1) is 15.3. The molecule has 2 aliphatic rings. The van der Waals surface area contributed by atoms with Crippen LogP contribution in [0.2, 0.25) is 0 Å². The molecule has 1 aliphatic heterocycles. The number of hydrogen-bond acceptors (Lipinski definition) is 2. The van der Waals surface area contributed by atoms with Crippen LogP contribution in [0.5, 0.6) is 0 Å². The van der Waals surface area contributed by atoms with E-state index in [0.717, 1.165) is 6.54 Å². The Labute approximate surface area is 120 Å². The largest absolute Gasteiger partial charge is 0.329 e. The van der Waals surface area contributed by atoms with Crippen LogP contribution < -0.4 is 5.73 Å². The van der Waals surface area contributed by atoms with Gasteiger partial charge >= 0.3 is 0 Å². The van der Waals surface area contributed by atoms with Crippen LogP contribution in [0.4, 0.5) is 0 Å². The van der Waals surface area contributed by atoms with Gasteiger partial charge in [0.05, 0.1) is 0 Å². The zero-order chi connectivity index (χ0) is 14.1. The summed E-state index contributed by atoms with van der Waals surface area (Å²) in [5.41, 5.74) is 7.61. The van der Waals surface area contributed by atoms with Gasteiger partial charge in [-0.05, 0) is 68.9 Å². The topological polar surface area (TPSA) is 29.3 Å². The minimum Gasteiger partial charge on any atom is -0.329 e. The van der Waals surface area contributed by atoms with Gasteiger partial charge in [0.15, 0.2) is 0 Å². The maximum absolute atomic E-state index is 6.23. The SMILES string of the molecule is CC1(C)CCCN(C2(CN)CCC(C)(C)CC2)CC1. The van der Waals surface area contributed by atoms with E-state index in [0.29, 0.717) is 16.4 Å². The molecule has 0 spiro atoms. The lowest BCUT2D eigenvalue weighted by molar-refractivity contribution is 0.0235. The van der Waals surface area contributed by atoms with Gasteiger partial charge in [-0.15, -0.1) is 0 Å². The molecular formula is C17H34N2. The number of nitrogens with zero attached hydrogens (tertiary/aromatic N) is 1. The molecule has 2 heteroatoms. The summed E-state index contributed by atoms with van der Waals surface area (Å²) < 4.78 is 0. The molecular weight excluding hydrogens is 232 g/mol. The van der Waals surface area contributed by atoms with Crippen LogP contribution >= 0.6 is 0 Å². The van der Waals surface area contributed by atoms with Gasteiger partial charge in [0.1, 0.15) is 0 Å². The minimum absolute atomic E-state index is 0.315. The van der Waals surface area contributed by atoms with E-state index >= 15 is 0 Å². The molecule has 112 valence electrons. The molecule has 2 rings (SSSR count). The Bertz CT molecular complexity index is 296. The fourth-order valence-corrected chi connectivity index (χ4v) is 3.94. The summed E-state index contributed by atoms with van der Waals surface area (Å²) in [6, 6.07) is 0. The predicted octanol–water partition coefficient (Wildman–Crippen LogP) is 3.80. The van der Waals surface area contributed by atoms with Crippen molar-refractivity contribution in [3.63, 3.8) is 0 Å². The van der Waals surface area contributed by atoms with Crippen molar-refractivity contribution in [2.24, 2.45) is 16.6 Å². The normalized spacial score (nSPS) is 30.8. The van der Waals surface area contributed by atoms with Crippen molar-refractivity contribution in [3.05, 3.63) is 0 Å². The Morgan fingerprint density at radius 3 is 1.95 bits per heavy atom. The summed E-state index contributed by atoms with van der Waals surface area (Å²) in [5, 5.41) is 0. The predicted molar refractivity (Wildman–Crippen MR) is 83.2 cm³/mol. The van der Waals surface area contributed by atoms with Crippen molar-refractivity contribution in [2.75, 3.05) is 19.6 Å². The zero-order valence-corrected chi connectivity index (χ0v) is 13.6. The summed E-state index contributed by atoms with van der Waals surface area (Å²) in [6.07, 6.45) is 9.33. The average Bonchev–Trinajstić information content (AvgIpc) is 2.52. The fourth-order valence-electron chi connectivity index (χ4n) is 3.94. The number of rotatable bonds is 2. The van der Waals surface area contributed by atoms with E-state index in [4.69, 9.17) is 5.73 Å².